The minimum absolute atomic E-state index is 0.344. The minimum atomic E-state index is 0.344. The molecule has 0 saturated heterocycles. The number of thiazole rings is 1. The highest BCUT2D eigenvalue weighted by atomic mass is 32.1. The van der Waals surface area contributed by atoms with Crippen LogP contribution in [0, 0.1) is 0 Å². The van der Waals surface area contributed by atoms with Crippen molar-refractivity contribution in [3.05, 3.63) is 16.6 Å². The van der Waals surface area contributed by atoms with E-state index in [9.17, 15) is 0 Å². The summed E-state index contributed by atoms with van der Waals surface area (Å²) in [4.78, 5) is 5.35. The van der Waals surface area contributed by atoms with E-state index in [1.54, 1.807) is 11.3 Å². The number of nitrogens with one attached hydrogen (secondary N) is 1. The SMILES string of the molecule is NC1CCCCC1NCc1cncs1. The van der Waals surface area contributed by atoms with Gasteiger partial charge in [0.15, 0.2) is 0 Å². The van der Waals surface area contributed by atoms with E-state index in [4.69, 9.17) is 5.73 Å². The van der Waals surface area contributed by atoms with Gasteiger partial charge < -0.3 is 11.1 Å². The van der Waals surface area contributed by atoms with Gasteiger partial charge in [0, 0.05) is 29.7 Å². The quantitative estimate of drug-likeness (QED) is 0.796. The van der Waals surface area contributed by atoms with Crippen molar-refractivity contribution >= 4 is 11.3 Å². The molecule has 3 nitrogen and oxygen atoms in total. The number of rotatable bonds is 3. The molecule has 1 aliphatic rings. The maximum Gasteiger partial charge on any atom is 0.0794 e. The van der Waals surface area contributed by atoms with Gasteiger partial charge in [0.2, 0.25) is 0 Å². The van der Waals surface area contributed by atoms with Crippen LogP contribution in [0.4, 0.5) is 0 Å². The van der Waals surface area contributed by atoms with Crippen LogP contribution in [0.5, 0.6) is 0 Å². The predicted molar refractivity (Wildman–Crippen MR) is 59.2 cm³/mol. The molecule has 1 aromatic heterocycles. The van der Waals surface area contributed by atoms with Crippen LogP contribution in [0.25, 0.3) is 0 Å². The lowest BCUT2D eigenvalue weighted by atomic mass is 9.91. The highest BCUT2D eigenvalue weighted by Gasteiger charge is 2.20. The second-order valence-electron chi connectivity index (χ2n) is 3.90. The lowest BCUT2D eigenvalue weighted by molar-refractivity contribution is 0.327. The summed E-state index contributed by atoms with van der Waals surface area (Å²) in [6.45, 7) is 0.920. The predicted octanol–water partition coefficient (Wildman–Crippen LogP) is 1.50. The summed E-state index contributed by atoms with van der Waals surface area (Å²) >= 11 is 1.70. The second-order valence-corrected chi connectivity index (χ2v) is 4.87. The number of nitrogens with two attached hydrogens (primary N) is 1. The van der Waals surface area contributed by atoms with E-state index >= 15 is 0 Å². The molecule has 0 aliphatic heterocycles. The van der Waals surface area contributed by atoms with E-state index in [-0.39, 0.29) is 0 Å². The third-order valence-corrected chi connectivity index (χ3v) is 3.62. The molecule has 14 heavy (non-hydrogen) atoms. The first-order valence-corrected chi connectivity index (χ1v) is 6.10. The van der Waals surface area contributed by atoms with Crippen LogP contribution in [0.3, 0.4) is 0 Å². The fourth-order valence-corrected chi connectivity index (χ4v) is 2.52. The molecule has 1 heterocycles. The number of aromatic nitrogens is 1. The molecule has 1 aromatic rings. The van der Waals surface area contributed by atoms with Gasteiger partial charge in [0.05, 0.1) is 5.51 Å². The molecule has 78 valence electrons. The smallest absolute Gasteiger partial charge is 0.0794 e. The standard InChI is InChI=1S/C10H17N3S/c11-9-3-1-2-4-10(9)13-6-8-5-12-7-14-8/h5,7,9-10,13H,1-4,6,11H2. The van der Waals surface area contributed by atoms with Crippen LogP contribution in [0.2, 0.25) is 0 Å². The van der Waals surface area contributed by atoms with Gasteiger partial charge in [-0.25, -0.2) is 0 Å². The Morgan fingerprint density at radius 1 is 1.50 bits per heavy atom. The number of hydrogen-bond donors (Lipinski definition) is 2. The van der Waals surface area contributed by atoms with Crippen LogP contribution in [-0.4, -0.2) is 17.1 Å². The molecule has 0 spiro atoms. The molecule has 2 unspecified atom stereocenters. The van der Waals surface area contributed by atoms with Gasteiger partial charge in [-0.05, 0) is 12.8 Å². The van der Waals surface area contributed by atoms with Crippen LogP contribution in [-0.2, 0) is 6.54 Å². The van der Waals surface area contributed by atoms with Crippen molar-refractivity contribution in [1.29, 1.82) is 0 Å². The lowest BCUT2D eigenvalue weighted by Gasteiger charge is -2.29. The van der Waals surface area contributed by atoms with E-state index in [1.165, 1.54) is 30.6 Å². The van der Waals surface area contributed by atoms with Crippen molar-refractivity contribution in [2.24, 2.45) is 5.73 Å². The zero-order valence-electron chi connectivity index (χ0n) is 8.28. The third kappa shape index (κ3) is 2.53. The van der Waals surface area contributed by atoms with Crippen LogP contribution >= 0.6 is 11.3 Å². The van der Waals surface area contributed by atoms with E-state index < -0.39 is 0 Å². The van der Waals surface area contributed by atoms with Crippen LogP contribution in [0.1, 0.15) is 30.6 Å². The lowest BCUT2D eigenvalue weighted by Crippen LogP contribution is -2.46. The van der Waals surface area contributed by atoms with Crippen molar-refractivity contribution in [3.8, 4) is 0 Å². The Labute approximate surface area is 88.7 Å². The van der Waals surface area contributed by atoms with Crippen LogP contribution in [0.15, 0.2) is 11.7 Å². The molecule has 0 aromatic carbocycles. The summed E-state index contributed by atoms with van der Waals surface area (Å²) in [5.74, 6) is 0. The van der Waals surface area contributed by atoms with Gasteiger partial charge in [-0.1, -0.05) is 12.8 Å². The van der Waals surface area contributed by atoms with Gasteiger partial charge in [-0.3, -0.25) is 4.98 Å². The van der Waals surface area contributed by atoms with Gasteiger partial charge >= 0.3 is 0 Å². The maximum atomic E-state index is 6.04. The highest BCUT2D eigenvalue weighted by molar-refractivity contribution is 7.09. The molecule has 3 N–H and O–H groups in total. The summed E-state index contributed by atoms with van der Waals surface area (Å²) in [6, 6.07) is 0.850. The first-order valence-electron chi connectivity index (χ1n) is 5.22. The van der Waals surface area contributed by atoms with Crippen molar-refractivity contribution in [3.63, 3.8) is 0 Å². The monoisotopic (exact) mass is 211 g/mol. The minimum Gasteiger partial charge on any atom is -0.326 e. The van der Waals surface area contributed by atoms with Gasteiger partial charge in [-0.15, -0.1) is 11.3 Å². The molecule has 0 bridgehead atoms. The topological polar surface area (TPSA) is 50.9 Å². The highest BCUT2D eigenvalue weighted by Crippen LogP contribution is 2.17. The van der Waals surface area contributed by atoms with E-state index in [2.05, 4.69) is 10.3 Å². The summed E-state index contributed by atoms with van der Waals surface area (Å²) in [7, 11) is 0. The zero-order valence-corrected chi connectivity index (χ0v) is 9.09. The molecule has 0 radical (unpaired) electrons. The van der Waals surface area contributed by atoms with Gasteiger partial charge in [0.25, 0.3) is 0 Å². The third-order valence-electron chi connectivity index (χ3n) is 2.84. The van der Waals surface area contributed by atoms with Crippen molar-refractivity contribution in [1.82, 2.24) is 10.3 Å². The molecule has 2 atom stereocenters. The summed E-state index contributed by atoms with van der Waals surface area (Å²) in [6.07, 6.45) is 6.92. The fraction of sp³-hybridized carbons (Fsp3) is 0.700. The molecular weight excluding hydrogens is 194 g/mol. The Morgan fingerprint density at radius 2 is 2.36 bits per heavy atom. The Balaban J connectivity index is 1.79. The van der Waals surface area contributed by atoms with Crippen molar-refractivity contribution < 1.29 is 0 Å². The van der Waals surface area contributed by atoms with E-state index in [0.29, 0.717) is 12.1 Å². The molecule has 0 amide bonds. The molecule has 4 heteroatoms. The first-order chi connectivity index (χ1) is 6.86. The molecular formula is C10H17N3S. The van der Waals surface area contributed by atoms with Gasteiger partial charge in [0.1, 0.15) is 0 Å². The number of nitrogens with zero attached hydrogens (tertiary/aromatic N) is 1. The van der Waals surface area contributed by atoms with E-state index in [0.717, 1.165) is 6.54 Å². The van der Waals surface area contributed by atoms with E-state index in [1.807, 2.05) is 11.7 Å². The Bertz CT molecular complexity index is 260. The first kappa shape index (κ1) is 10.1. The average Bonchev–Trinajstić information content (AvgIpc) is 2.69. The Hall–Kier alpha value is -0.450. The summed E-state index contributed by atoms with van der Waals surface area (Å²) < 4.78 is 0. The van der Waals surface area contributed by atoms with Crippen LogP contribution < -0.4 is 11.1 Å². The largest absolute Gasteiger partial charge is 0.326 e. The van der Waals surface area contributed by atoms with Crippen molar-refractivity contribution in [2.45, 2.75) is 44.3 Å². The normalized spacial score (nSPS) is 27.8. The summed E-state index contributed by atoms with van der Waals surface area (Å²) in [5.41, 5.74) is 7.92. The summed E-state index contributed by atoms with van der Waals surface area (Å²) in [5, 5.41) is 3.52. The zero-order chi connectivity index (χ0) is 9.80. The average molecular weight is 211 g/mol. The Morgan fingerprint density at radius 3 is 3.07 bits per heavy atom. The molecule has 1 saturated carbocycles. The molecule has 1 fully saturated rings. The molecule has 2 rings (SSSR count). The van der Waals surface area contributed by atoms with Crippen molar-refractivity contribution in [2.75, 3.05) is 0 Å². The Kier molecular flexibility index (Phi) is 3.50. The van der Waals surface area contributed by atoms with Gasteiger partial charge in [-0.2, -0.15) is 0 Å². The molecule has 1 aliphatic carbocycles. The second kappa shape index (κ2) is 4.87. The number of hydrogen-bond acceptors (Lipinski definition) is 4. The fourth-order valence-electron chi connectivity index (χ4n) is 1.97. The maximum absolute atomic E-state index is 6.04.